The Morgan fingerprint density at radius 3 is 2.50 bits per heavy atom. The van der Waals surface area contributed by atoms with E-state index < -0.39 is 0 Å². The number of hydrogen-bond donors (Lipinski definition) is 2. The fraction of sp³-hybridized carbons (Fsp3) is 0.889. The molecule has 0 heterocycles. The second-order valence-corrected chi connectivity index (χ2v) is 12.3. The Morgan fingerprint density at radius 1 is 1.09 bits per heavy atom. The van der Waals surface area contributed by atoms with E-state index in [9.17, 15) is 19.5 Å². The van der Waals surface area contributed by atoms with Crippen LogP contribution in [0.1, 0.15) is 91.9 Å². The second kappa shape index (κ2) is 8.85. The maximum atomic E-state index is 13.5. The number of hydrogen-bond acceptors (Lipinski definition) is 4. The SMILES string of the molecule is CC(=O)CNC(=O)CC[C@@H](C)[C@H]1CCC2C3C(=O)CC4C[C@H](O)CC[C@]4(C)C3CC[C@@]21C. The van der Waals surface area contributed by atoms with Crippen molar-refractivity contribution in [3.05, 3.63) is 0 Å². The minimum absolute atomic E-state index is 0.0186. The van der Waals surface area contributed by atoms with Crippen molar-refractivity contribution in [3.8, 4) is 0 Å². The Hall–Kier alpha value is -1.23. The summed E-state index contributed by atoms with van der Waals surface area (Å²) in [7, 11) is 0. The highest BCUT2D eigenvalue weighted by atomic mass is 16.3. The van der Waals surface area contributed by atoms with Gasteiger partial charge in [-0.3, -0.25) is 14.4 Å². The lowest BCUT2D eigenvalue weighted by Gasteiger charge is -2.60. The number of Topliss-reactive ketones (excluding diaryl/α,β-unsaturated/α-hetero) is 2. The Kier molecular flexibility index (Phi) is 6.61. The van der Waals surface area contributed by atoms with Gasteiger partial charge < -0.3 is 10.4 Å². The topological polar surface area (TPSA) is 83.5 Å². The summed E-state index contributed by atoms with van der Waals surface area (Å²) in [5.74, 6) is 2.92. The Bertz CT molecular complexity index is 765. The van der Waals surface area contributed by atoms with Crippen LogP contribution in [0.25, 0.3) is 0 Å². The van der Waals surface area contributed by atoms with E-state index >= 15 is 0 Å². The molecular formula is C27H43NO4. The van der Waals surface area contributed by atoms with Crippen LogP contribution in [0.4, 0.5) is 0 Å². The van der Waals surface area contributed by atoms with E-state index in [1.54, 1.807) is 0 Å². The minimum Gasteiger partial charge on any atom is -0.393 e. The first-order valence-corrected chi connectivity index (χ1v) is 13.0. The number of nitrogens with one attached hydrogen (secondary N) is 1. The molecule has 180 valence electrons. The van der Waals surface area contributed by atoms with Gasteiger partial charge in [-0.25, -0.2) is 0 Å². The number of carbonyl (C=O) groups is 3. The molecule has 0 aromatic carbocycles. The molecule has 2 N–H and O–H groups in total. The zero-order valence-corrected chi connectivity index (χ0v) is 20.5. The fourth-order valence-corrected chi connectivity index (χ4v) is 8.76. The molecule has 4 aliphatic rings. The van der Waals surface area contributed by atoms with Crippen LogP contribution >= 0.6 is 0 Å². The summed E-state index contributed by atoms with van der Waals surface area (Å²) >= 11 is 0. The number of carbonyl (C=O) groups excluding carboxylic acids is 3. The van der Waals surface area contributed by atoms with Crippen LogP contribution in [0.15, 0.2) is 0 Å². The van der Waals surface area contributed by atoms with Crippen LogP contribution in [-0.2, 0) is 14.4 Å². The summed E-state index contributed by atoms with van der Waals surface area (Å²) in [6, 6.07) is 0. The molecular weight excluding hydrogens is 402 g/mol. The highest BCUT2D eigenvalue weighted by Crippen LogP contribution is 2.67. The van der Waals surface area contributed by atoms with Gasteiger partial charge in [-0.1, -0.05) is 20.8 Å². The zero-order chi connectivity index (χ0) is 23.3. The van der Waals surface area contributed by atoms with Crippen LogP contribution in [0.5, 0.6) is 0 Å². The number of fused-ring (bicyclic) bond motifs is 5. The lowest BCUT2D eigenvalue weighted by molar-refractivity contribution is -0.160. The molecule has 32 heavy (non-hydrogen) atoms. The number of aliphatic hydroxyl groups excluding tert-OH is 1. The first-order valence-electron chi connectivity index (χ1n) is 13.0. The molecule has 0 saturated heterocycles. The number of ketones is 2. The molecule has 4 aliphatic carbocycles. The summed E-state index contributed by atoms with van der Waals surface area (Å²) in [6.07, 6.45) is 9.12. The van der Waals surface area contributed by atoms with Gasteiger partial charge in [-0.15, -0.1) is 0 Å². The third kappa shape index (κ3) is 4.08. The van der Waals surface area contributed by atoms with Crippen LogP contribution in [0.2, 0.25) is 0 Å². The molecule has 5 nitrogen and oxygen atoms in total. The second-order valence-electron chi connectivity index (χ2n) is 12.3. The minimum atomic E-state index is -0.226. The van der Waals surface area contributed by atoms with Gasteiger partial charge in [0.25, 0.3) is 0 Å². The summed E-state index contributed by atoms with van der Waals surface area (Å²) in [4.78, 5) is 36.7. The third-order valence-corrected chi connectivity index (χ3v) is 10.6. The number of amides is 1. The number of aliphatic hydroxyl groups is 1. The molecule has 4 rings (SSSR count). The van der Waals surface area contributed by atoms with Crippen LogP contribution in [0.3, 0.4) is 0 Å². The summed E-state index contributed by atoms with van der Waals surface area (Å²) < 4.78 is 0. The van der Waals surface area contributed by atoms with Crippen molar-refractivity contribution in [3.63, 3.8) is 0 Å². The van der Waals surface area contributed by atoms with Crippen molar-refractivity contribution in [2.75, 3.05) is 6.54 Å². The molecule has 9 atom stereocenters. The molecule has 4 unspecified atom stereocenters. The third-order valence-electron chi connectivity index (χ3n) is 10.6. The van der Waals surface area contributed by atoms with E-state index in [0.29, 0.717) is 48.2 Å². The van der Waals surface area contributed by atoms with Gasteiger partial charge in [0.1, 0.15) is 11.6 Å². The molecule has 1 amide bonds. The first-order chi connectivity index (χ1) is 15.1. The van der Waals surface area contributed by atoms with Gasteiger partial charge in [0.2, 0.25) is 5.91 Å². The van der Waals surface area contributed by atoms with Crippen LogP contribution in [-0.4, -0.2) is 35.2 Å². The van der Waals surface area contributed by atoms with Crippen molar-refractivity contribution in [1.29, 1.82) is 0 Å². The van der Waals surface area contributed by atoms with Crippen LogP contribution in [0, 0.1) is 46.3 Å². The molecule has 5 heteroatoms. The standard InChI is InChI=1S/C27H43NO4/c1-16(5-8-24(32)28-15-17(2)29)20-6-7-21-25-22(10-12-27(20,21)4)26(3)11-9-19(30)13-18(26)14-23(25)31/h16,18-22,25,30H,5-15H2,1-4H3,(H,28,32)/t16-,18?,19-,20-,21?,22?,25?,26+,27-/m1/s1. The van der Waals surface area contributed by atoms with E-state index in [4.69, 9.17) is 0 Å². The molecule has 0 spiro atoms. The van der Waals surface area contributed by atoms with Gasteiger partial charge >= 0.3 is 0 Å². The van der Waals surface area contributed by atoms with Crippen LogP contribution < -0.4 is 5.32 Å². The van der Waals surface area contributed by atoms with E-state index in [0.717, 1.165) is 44.9 Å². The normalized spacial score (nSPS) is 44.2. The Labute approximate surface area is 193 Å². The van der Waals surface area contributed by atoms with E-state index in [-0.39, 0.29) is 41.1 Å². The van der Waals surface area contributed by atoms with Gasteiger partial charge in [-0.2, -0.15) is 0 Å². The van der Waals surface area contributed by atoms with Crippen molar-refractivity contribution in [2.24, 2.45) is 46.3 Å². The first kappa shape index (κ1) is 23.9. The molecule has 0 aliphatic heterocycles. The molecule has 4 fully saturated rings. The molecule has 0 aromatic heterocycles. The molecule has 0 bridgehead atoms. The maximum absolute atomic E-state index is 13.5. The Morgan fingerprint density at radius 2 is 1.78 bits per heavy atom. The predicted molar refractivity (Wildman–Crippen MR) is 124 cm³/mol. The largest absolute Gasteiger partial charge is 0.393 e. The van der Waals surface area contributed by atoms with Crippen molar-refractivity contribution in [2.45, 2.75) is 98.0 Å². The molecule has 0 aromatic rings. The average molecular weight is 446 g/mol. The average Bonchev–Trinajstić information content (AvgIpc) is 3.09. The van der Waals surface area contributed by atoms with Gasteiger partial charge in [0.05, 0.1) is 12.6 Å². The molecule has 0 radical (unpaired) electrons. The summed E-state index contributed by atoms with van der Waals surface area (Å²) in [5.41, 5.74) is 0.390. The smallest absolute Gasteiger partial charge is 0.220 e. The lowest BCUT2D eigenvalue weighted by Crippen LogP contribution is -2.57. The molecule has 4 saturated carbocycles. The van der Waals surface area contributed by atoms with Crippen molar-refractivity contribution < 1.29 is 19.5 Å². The van der Waals surface area contributed by atoms with Gasteiger partial charge in [0.15, 0.2) is 0 Å². The highest BCUT2D eigenvalue weighted by Gasteiger charge is 2.62. The van der Waals surface area contributed by atoms with Crippen molar-refractivity contribution >= 4 is 17.5 Å². The number of rotatable bonds is 6. The predicted octanol–water partition coefficient (Wildman–Crippen LogP) is 4.31. The van der Waals surface area contributed by atoms with E-state index in [1.165, 1.54) is 13.3 Å². The quantitative estimate of drug-likeness (QED) is 0.638. The Balaban J connectivity index is 1.44. The fourth-order valence-electron chi connectivity index (χ4n) is 8.76. The summed E-state index contributed by atoms with van der Waals surface area (Å²) in [5, 5.41) is 12.9. The highest BCUT2D eigenvalue weighted by molar-refractivity contribution is 5.84. The summed E-state index contributed by atoms with van der Waals surface area (Å²) in [6.45, 7) is 8.75. The monoisotopic (exact) mass is 445 g/mol. The van der Waals surface area contributed by atoms with Crippen molar-refractivity contribution in [1.82, 2.24) is 5.32 Å². The van der Waals surface area contributed by atoms with E-state index in [1.807, 2.05) is 0 Å². The van der Waals surface area contributed by atoms with E-state index in [2.05, 4.69) is 26.1 Å². The maximum Gasteiger partial charge on any atom is 0.220 e. The zero-order valence-electron chi connectivity index (χ0n) is 20.5. The lowest BCUT2D eigenvalue weighted by atomic mass is 9.44. The van der Waals surface area contributed by atoms with Gasteiger partial charge in [-0.05, 0) is 98.7 Å². The van der Waals surface area contributed by atoms with Gasteiger partial charge in [0, 0.05) is 18.8 Å².